The lowest BCUT2D eigenvalue weighted by Crippen LogP contribution is -2.61. The van der Waals surface area contributed by atoms with Crippen LogP contribution in [-0.2, 0) is 11.3 Å². The van der Waals surface area contributed by atoms with Gasteiger partial charge in [0.25, 0.3) is 0 Å². The van der Waals surface area contributed by atoms with Crippen LogP contribution in [0.15, 0.2) is 30.3 Å². The molecule has 1 aliphatic heterocycles. The van der Waals surface area contributed by atoms with E-state index >= 15 is 0 Å². The molecule has 3 aliphatic rings. The third kappa shape index (κ3) is 3.54. The van der Waals surface area contributed by atoms with E-state index in [0.29, 0.717) is 12.5 Å². The number of benzene rings is 1. The molecular weight excluding hydrogens is 334 g/mol. The van der Waals surface area contributed by atoms with Gasteiger partial charge in [0.15, 0.2) is 0 Å². The van der Waals surface area contributed by atoms with Gasteiger partial charge in [0.1, 0.15) is 0 Å². The molecule has 3 atom stereocenters. The molecule has 1 N–H and O–H groups in total. The number of rotatable bonds is 5. The summed E-state index contributed by atoms with van der Waals surface area (Å²) >= 11 is 0. The molecule has 148 valence electrons. The molecule has 2 bridgehead atoms. The molecule has 1 aromatic carbocycles. The van der Waals surface area contributed by atoms with Crippen LogP contribution in [0, 0.1) is 17.3 Å². The first-order valence-corrected chi connectivity index (χ1v) is 10.7. The summed E-state index contributed by atoms with van der Waals surface area (Å²) < 4.78 is 0. The van der Waals surface area contributed by atoms with Crippen molar-refractivity contribution >= 4 is 5.91 Å². The largest absolute Gasteiger partial charge is 0.349 e. The van der Waals surface area contributed by atoms with Crippen LogP contribution in [0.5, 0.6) is 0 Å². The zero-order chi connectivity index (χ0) is 19.1. The van der Waals surface area contributed by atoms with E-state index < -0.39 is 0 Å². The maximum Gasteiger partial charge on any atom is 0.234 e. The maximum atomic E-state index is 12.8. The Morgan fingerprint density at radius 3 is 2.26 bits per heavy atom. The van der Waals surface area contributed by atoms with Crippen LogP contribution in [0.4, 0.5) is 0 Å². The molecule has 4 heteroatoms. The van der Waals surface area contributed by atoms with E-state index in [2.05, 4.69) is 66.2 Å². The van der Waals surface area contributed by atoms with E-state index in [1.54, 1.807) is 0 Å². The van der Waals surface area contributed by atoms with Crippen LogP contribution in [-0.4, -0.2) is 54.0 Å². The van der Waals surface area contributed by atoms with Crippen molar-refractivity contribution < 1.29 is 4.79 Å². The highest BCUT2D eigenvalue weighted by molar-refractivity contribution is 5.79. The van der Waals surface area contributed by atoms with E-state index in [0.717, 1.165) is 38.6 Å². The Balaban J connectivity index is 1.26. The number of hydrogen-bond acceptors (Lipinski definition) is 3. The zero-order valence-corrected chi connectivity index (χ0v) is 17.2. The van der Waals surface area contributed by atoms with Crippen LogP contribution in [0.3, 0.4) is 0 Å². The minimum absolute atomic E-state index is 0.0396. The van der Waals surface area contributed by atoms with Gasteiger partial charge in [0.2, 0.25) is 5.91 Å². The van der Waals surface area contributed by atoms with Crippen molar-refractivity contribution in [1.29, 1.82) is 0 Å². The summed E-state index contributed by atoms with van der Waals surface area (Å²) in [4.78, 5) is 17.7. The Hall–Kier alpha value is -1.39. The topological polar surface area (TPSA) is 35.6 Å². The summed E-state index contributed by atoms with van der Waals surface area (Å²) in [7, 11) is 0. The van der Waals surface area contributed by atoms with Crippen molar-refractivity contribution in [3.63, 3.8) is 0 Å². The summed E-state index contributed by atoms with van der Waals surface area (Å²) in [6, 6.07) is 10.7. The molecule has 2 aliphatic carbocycles. The maximum absolute atomic E-state index is 12.8. The molecule has 0 unspecified atom stereocenters. The fraction of sp³-hybridized carbons (Fsp3) is 0.696. The Labute approximate surface area is 164 Å². The molecule has 3 fully saturated rings. The number of fused-ring (bicyclic) bond motifs is 2. The minimum atomic E-state index is -0.0396. The van der Waals surface area contributed by atoms with Crippen LogP contribution in [0.25, 0.3) is 0 Å². The lowest BCUT2D eigenvalue weighted by molar-refractivity contribution is -0.127. The Morgan fingerprint density at radius 1 is 1.00 bits per heavy atom. The molecule has 0 radical (unpaired) electrons. The summed E-state index contributed by atoms with van der Waals surface area (Å²) in [6.45, 7) is 12.6. The highest BCUT2D eigenvalue weighted by Gasteiger charge is 2.60. The number of amides is 1. The van der Waals surface area contributed by atoms with Crippen molar-refractivity contribution in [1.82, 2.24) is 15.1 Å². The van der Waals surface area contributed by atoms with Crippen LogP contribution in [0.2, 0.25) is 0 Å². The molecule has 0 spiro atoms. The summed E-state index contributed by atoms with van der Waals surface area (Å²) in [5.74, 6) is 1.65. The Morgan fingerprint density at radius 2 is 1.63 bits per heavy atom. The molecule has 2 saturated carbocycles. The first-order chi connectivity index (χ1) is 12.9. The predicted molar refractivity (Wildman–Crippen MR) is 109 cm³/mol. The number of carbonyl (C=O) groups is 1. The summed E-state index contributed by atoms with van der Waals surface area (Å²) in [6.07, 6.45) is 3.91. The number of piperazine rings is 1. The molecule has 1 heterocycles. The van der Waals surface area contributed by atoms with Crippen molar-refractivity contribution in [2.45, 2.75) is 52.1 Å². The normalized spacial score (nSPS) is 33.3. The highest BCUT2D eigenvalue weighted by atomic mass is 16.2. The van der Waals surface area contributed by atoms with Gasteiger partial charge in [-0.25, -0.2) is 0 Å². The first-order valence-electron chi connectivity index (χ1n) is 10.7. The fourth-order valence-electron chi connectivity index (χ4n) is 5.85. The fourth-order valence-corrected chi connectivity index (χ4v) is 5.85. The van der Waals surface area contributed by atoms with Gasteiger partial charge in [0, 0.05) is 38.3 Å². The van der Waals surface area contributed by atoms with Crippen LogP contribution < -0.4 is 5.32 Å². The van der Waals surface area contributed by atoms with Crippen molar-refractivity contribution in [2.75, 3.05) is 32.7 Å². The average Bonchev–Trinajstić information content (AvgIpc) is 3.20. The third-order valence-corrected chi connectivity index (χ3v) is 8.09. The van der Waals surface area contributed by atoms with E-state index in [-0.39, 0.29) is 16.9 Å². The second-order valence-electron chi connectivity index (χ2n) is 9.72. The van der Waals surface area contributed by atoms with E-state index in [1.165, 1.54) is 24.8 Å². The van der Waals surface area contributed by atoms with Gasteiger partial charge in [0.05, 0.1) is 6.54 Å². The third-order valence-electron chi connectivity index (χ3n) is 8.09. The number of nitrogens with zero attached hydrogens (tertiary/aromatic N) is 2. The SMILES string of the molecule is CC1(C)[C@@H]2CC[C@@H](C2)[C@@]1(C)NC(=O)CN1CCN(Cc2ccccc2)CC1. The molecule has 0 aromatic heterocycles. The number of carbonyl (C=O) groups excluding carboxylic acids is 1. The van der Waals surface area contributed by atoms with Gasteiger partial charge < -0.3 is 5.32 Å². The lowest BCUT2D eigenvalue weighted by atomic mass is 9.64. The smallest absolute Gasteiger partial charge is 0.234 e. The molecule has 1 aromatic rings. The van der Waals surface area contributed by atoms with Crippen LogP contribution in [0.1, 0.15) is 45.6 Å². The van der Waals surface area contributed by atoms with Gasteiger partial charge in [-0.05, 0) is 49.0 Å². The van der Waals surface area contributed by atoms with Crippen molar-refractivity contribution in [3.05, 3.63) is 35.9 Å². The van der Waals surface area contributed by atoms with Gasteiger partial charge in [-0.2, -0.15) is 0 Å². The summed E-state index contributed by atoms with van der Waals surface area (Å²) in [5.41, 5.74) is 1.54. The molecular formula is C23H35N3O. The van der Waals surface area contributed by atoms with Gasteiger partial charge in [-0.3, -0.25) is 14.6 Å². The molecule has 4 rings (SSSR count). The van der Waals surface area contributed by atoms with E-state index in [1.807, 2.05) is 0 Å². The van der Waals surface area contributed by atoms with Gasteiger partial charge in [-0.1, -0.05) is 44.2 Å². The number of hydrogen-bond donors (Lipinski definition) is 1. The van der Waals surface area contributed by atoms with E-state index in [9.17, 15) is 4.79 Å². The standard InChI is InChI=1S/C23H35N3O/c1-22(2)19-9-10-20(15-19)23(22,3)24-21(27)17-26-13-11-25(12-14-26)16-18-7-5-4-6-8-18/h4-8,19-20H,9-17H2,1-3H3,(H,24,27)/t19-,20+,23-/m1/s1. The highest BCUT2D eigenvalue weighted by Crippen LogP contribution is 2.61. The second-order valence-corrected chi connectivity index (χ2v) is 9.72. The zero-order valence-electron chi connectivity index (χ0n) is 17.2. The van der Waals surface area contributed by atoms with Crippen molar-refractivity contribution in [3.8, 4) is 0 Å². The minimum Gasteiger partial charge on any atom is -0.349 e. The average molecular weight is 370 g/mol. The monoisotopic (exact) mass is 369 g/mol. The molecule has 27 heavy (non-hydrogen) atoms. The second kappa shape index (κ2) is 7.21. The van der Waals surface area contributed by atoms with E-state index in [4.69, 9.17) is 0 Å². The predicted octanol–water partition coefficient (Wildman–Crippen LogP) is 3.14. The molecule has 4 nitrogen and oxygen atoms in total. The summed E-state index contributed by atoms with van der Waals surface area (Å²) in [5, 5.41) is 3.48. The Kier molecular flexibility index (Phi) is 5.06. The quantitative estimate of drug-likeness (QED) is 0.866. The lowest BCUT2D eigenvalue weighted by Gasteiger charge is -2.48. The van der Waals surface area contributed by atoms with Crippen molar-refractivity contribution in [2.24, 2.45) is 17.3 Å². The number of nitrogens with one attached hydrogen (secondary N) is 1. The molecule has 1 saturated heterocycles. The van der Waals surface area contributed by atoms with Gasteiger partial charge >= 0.3 is 0 Å². The Bertz CT molecular complexity index is 665. The molecule has 1 amide bonds. The van der Waals surface area contributed by atoms with Crippen LogP contribution >= 0.6 is 0 Å². The van der Waals surface area contributed by atoms with Gasteiger partial charge in [-0.15, -0.1) is 0 Å². The first kappa shape index (κ1) is 18.9.